The van der Waals surface area contributed by atoms with Crippen LogP contribution in [0, 0.1) is 0 Å². The molecule has 4 nitrogen and oxygen atoms in total. The first-order valence-electron chi connectivity index (χ1n) is 10.7. The van der Waals surface area contributed by atoms with Gasteiger partial charge in [-0.3, -0.25) is 0 Å². The highest BCUT2D eigenvalue weighted by Gasteiger charge is 2.26. The van der Waals surface area contributed by atoms with Crippen LogP contribution >= 0.6 is 0 Å². The third-order valence-corrected chi connectivity index (χ3v) is 5.49. The Morgan fingerprint density at radius 3 is 1.19 bits per heavy atom. The largest absolute Gasteiger partial charge is 0.495 e. The van der Waals surface area contributed by atoms with E-state index in [9.17, 15) is 0 Å². The molecule has 0 bridgehead atoms. The summed E-state index contributed by atoms with van der Waals surface area (Å²) < 4.78 is 11.2. The molecule has 0 aromatic heterocycles. The van der Waals surface area contributed by atoms with Crippen molar-refractivity contribution >= 4 is 11.4 Å². The molecule has 0 amide bonds. The van der Waals surface area contributed by atoms with Crippen LogP contribution in [0.3, 0.4) is 0 Å². The van der Waals surface area contributed by atoms with E-state index < -0.39 is 0 Å². The van der Waals surface area contributed by atoms with E-state index in [1.807, 2.05) is 60.7 Å². The van der Waals surface area contributed by atoms with Crippen molar-refractivity contribution in [2.75, 3.05) is 24.9 Å². The van der Waals surface area contributed by atoms with E-state index in [0.29, 0.717) is 0 Å². The van der Waals surface area contributed by atoms with Gasteiger partial charge in [-0.1, -0.05) is 84.9 Å². The Kier molecular flexibility index (Phi) is 6.93. The van der Waals surface area contributed by atoms with Gasteiger partial charge in [0.2, 0.25) is 0 Å². The Morgan fingerprint density at radius 1 is 0.469 bits per heavy atom. The van der Waals surface area contributed by atoms with E-state index >= 15 is 0 Å². The zero-order valence-electron chi connectivity index (χ0n) is 18.4. The summed E-state index contributed by atoms with van der Waals surface area (Å²) in [5.41, 5.74) is 4.20. The van der Waals surface area contributed by atoms with Gasteiger partial charge >= 0.3 is 0 Å². The van der Waals surface area contributed by atoms with Gasteiger partial charge in [0.05, 0.1) is 37.7 Å². The lowest BCUT2D eigenvalue weighted by molar-refractivity contribution is 0.414. The van der Waals surface area contributed by atoms with Crippen molar-refractivity contribution in [1.29, 1.82) is 0 Å². The Bertz CT molecular complexity index is 1030. The highest BCUT2D eigenvalue weighted by Crippen LogP contribution is 2.39. The first-order chi connectivity index (χ1) is 15.8. The third-order valence-electron chi connectivity index (χ3n) is 5.49. The summed E-state index contributed by atoms with van der Waals surface area (Å²) in [6, 6.07) is 36.8. The van der Waals surface area contributed by atoms with Crippen molar-refractivity contribution in [3.63, 3.8) is 0 Å². The van der Waals surface area contributed by atoms with Gasteiger partial charge in [-0.15, -0.1) is 0 Å². The van der Waals surface area contributed by atoms with Crippen molar-refractivity contribution in [2.24, 2.45) is 0 Å². The Labute approximate surface area is 189 Å². The fourth-order valence-electron chi connectivity index (χ4n) is 3.90. The van der Waals surface area contributed by atoms with E-state index in [0.717, 1.165) is 34.0 Å². The van der Waals surface area contributed by atoms with Gasteiger partial charge in [0.25, 0.3) is 0 Å². The van der Waals surface area contributed by atoms with Gasteiger partial charge in [0, 0.05) is 0 Å². The van der Waals surface area contributed by atoms with Crippen molar-refractivity contribution in [3.05, 3.63) is 120 Å². The Balaban J connectivity index is 1.81. The zero-order chi connectivity index (χ0) is 22.2. The van der Waals surface area contributed by atoms with Crippen molar-refractivity contribution in [1.82, 2.24) is 0 Å². The lowest BCUT2D eigenvalue weighted by atomic mass is 9.92. The SMILES string of the molecule is COc1ccccc1NC(c1ccccc1)C(Nc1ccccc1OC)c1ccccc1. The molecule has 0 aliphatic carbocycles. The monoisotopic (exact) mass is 424 g/mol. The molecule has 0 saturated heterocycles. The van der Waals surface area contributed by atoms with Crippen LogP contribution in [0.15, 0.2) is 109 Å². The summed E-state index contributed by atoms with van der Waals surface area (Å²) >= 11 is 0. The van der Waals surface area contributed by atoms with Gasteiger partial charge in [0.15, 0.2) is 0 Å². The molecular formula is C28H28N2O2. The average Bonchev–Trinajstić information content (AvgIpc) is 2.87. The van der Waals surface area contributed by atoms with E-state index in [4.69, 9.17) is 9.47 Å². The highest BCUT2D eigenvalue weighted by molar-refractivity contribution is 5.61. The maximum Gasteiger partial charge on any atom is 0.141 e. The van der Waals surface area contributed by atoms with Gasteiger partial charge in [0.1, 0.15) is 11.5 Å². The van der Waals surface area contributed by atoms with Crippen LogP contribution in [0.25, 0.3) is 0 Å². The van der Waals surface area contributed by atoms with Gasteiger partial charge in [-0.05, 0) is 35.4 Å². The number of hydrogen-bond acceptors (Lipinski definition) is 4. The van der Waals surface area contributed by atoms with Crippen molar-refractivity contribution < 1.29 is 9.47 Å². The fraction of sp³-hybridized carbons (Fsp3) is 0.143. The van der Waals surface area contributed by atoms with Gasteiger partial charge < -0.3 is 20.1 Å². The number of methoxy groups -OCH3 is 2. The molecule has 4 aromatic rings. The van der Waals surface area contributed by atoms with E-state index in [1.54, 1.807) is 14.2 Å². The van der Waals surface area contributed by atoms with Gasteiger partial charge in [-0.2, -0.15) is 0 Å². The van der Waals surface area contributed by atoms with Crippen LogP contribution in [0.5, 0.6) is 11.5 Å². The molecule has 32 heavy (non-hydrogen) atoms. The third kappa shape index (κ3) is 4.86. The second-order valence-electron chi connectivity index (χ2n) is 7.47. The average molecular weight is 425 g/mol. The van der Waals surface area contributed by atoms with Crippen LogP contribution < -0.4 is 20.1 Å². The van der Waals surface area contributed by atoms with E-state index in [1.165, 1.54) is 0 Å². The molecule has 0 saturated carbocycles. The number of para-hydroxylation sites is 4. The van der Waals surface area contributed by atoms with Crippen LogP contribution in [-0.2, 0) is 0 Å². The summed E-state index contributed by atoms with van der Waals surface area (Å²) in [5, 5.41) is 7.49. The minimum atomic E-state index is -0.0835. The summed E-state index contributed by atoms with van der Waals surface area (Å²) in [6.45, 7) is 0. The molecular weight excluding hydrogens is 396 g/mol. The predicted octanol–water partition coefficient (Wildman–Crippen LogP) is 6.71. The van der Waals surface area contributed by atoms with E-state index in [-0.39, 0.29) is 12.1 Å². The minimum Gasteiger partial charge on any atom is -0.495 e. The molecule has 2 unspecified atom stereocenters. The number of nitrogens with one attached hydrogen (secondary N) is 2. The molecule has 2 atom stereocenters. The number of ether oxygens (including phenoxy) is 2. The smallest absolute Gasteiger partial charge is 0.141 e. The molecule has 4 heteroatoms. The van der Waals surface area contributed by atoms with Crippen molar-refractivity contribution in [3.8, 4) is 11.5 Å². The van der Waals surface area contributed by atoms with Gasteiger partial charge in [-0.25, -0.2) is 0 Å². The lowest BCUT2D eigenvalue weighted by Crippen LogP contribution is -2.26. The second kappa shape index (κ2) is 10.4. The predicted molar refractivity (Wildman–Crippen MR) is 132 cm³/mol. The molecule has 0 fully saturated rings. The Morgan fingerprint density at radius 2 is 0.812 bits per heavy atom. The normalized spacial score (nSPS) is 12.4. The summed E-state index contributed by atoms with van der Waals surface area (Å²) in [6.07, 6.45) is 0. The summed E-state index contributed by atoms with van der Waals surface area (Å²) in [5.74, 6) is 1.61. The maximum absolute atomic E-state index is 5.62. The number of anilines is 2. The standard InChI is InChI=1S/C28H28N2O2/c1-31-25-19-11-9-17-23(25)29-27(21-13-5-3-6-14-21)28(22-15-7-4-8-16-22)30-24-18-10-12-20-26(24)32-2/h3-20,27-30H,1-2H3. The fourth-order valence-corrected chi connectivity index (χ4v) is 3.90. The molecule has 0 spiro atoms. The number of rotatable bonds is 9. The first kappa shape index (κ1) is 21.3. The highest BCUT2D eigenvalue weighted by atomic mass is 16.5. The zero-order valence-corrected chi connectivity index (χ0v) is 18.4. The van der Waals surface area contributed by atoms with Crippen molar-refractivity contribution in [2.45, 2.75) is 12.1 Å². The molecule has 4 aromatic carbocycles. The molecule has 162 valence electrons. The number of hydrogen-bond donors (Lipinski definition) is 2. The van der Waals surface area contributed by atoms with Crippen LogP contribution in [-0.4, -0.2) is 14.2 Å². The topological polar surface area (TPSA) is 42.5 Å². The molecule has 2 N–H and O–H groups in total. The molecule has 4 rings (SSSR count). The maximum atomic E-state index is 5.62. The molecule has 0 radical (unpaired) electrons. The lowest BCUT2D eigenvalue weighted by Gasteiger charge is -2.32. The molecule has 0 aliphatic rings. The van der Waals surface area contributed by atoms with Crippen LogP contribution in [0.2, 0.25) is 0 Å². The van der Waals surface area contributed by atoms with Crippen LogP contribution in [0.1, 0.15) is 23.2 Å². The van der Waals surface area contributed by atoms with E-state index in [2.05, 4.69) is 59.2 Å². The summed E-state index contributed by atoms with van der Waals surface area (Å²) in [4.78, 5) is 0. The molecule has 0 heterocycles. The molecule has 0 aliphatic heterocycles. The quantitative estimate of drug-likeness (QED) is 0.313. The second-order valence-corrected chi connectivity index (χ2v) is 7.47. The number of benzene rings is 4. The first-order valence-corrected chi connectivity index (χ1v) is 10.7. The Hall–Kier alpha value is -3.92. The minimum absolute atomic E-state index is 0.0835. The summed E-state index contributed by atoms with van der Waals surface area (Å²) in [7, 11) is 3.39. The van der Waals surface area contributed by atoms with Crippen LogP contribution in [0.4, 0.5) is 11.4 Å².